The number of anilines is 1. The number of aromatic amines is 1. The van der Waals surface area contributed by atoms with E-state index in [4.69, 9.17) is 5.26 Å². The van der Waals surface area contributed by atoms with Crippen molar-refractivity contribution >= 4 is 22.5 Å². The predicted octanol–water partition coefficient (Wildman–Crippen LogP) is 2.88. The van der Waals surface area contributed by atoms with Crippen LogP contribution in [0.2, 0.25) is 0 Å². The Hall–Kier alpha value is -3.13. The first-order chi connectivity index (χ1) is 10.3. The Balaban J connectivity index is 1.89. The van der Waals surface area contributed by atoms with Gasteiger partial charge in [0, 0.05) is 29.0 Å². The van der Waals surface area contributed by atoms with Crippen LogP contribution in [0.25, 0.3) is 10.9 Å². The molecular weight excluding hydrogens is 264 g/mol. The van der Waals surface area contributed by atoms with Gasteiger partial charge in [0.15, 0.2) is 0 Å². The number of nitrogens with one attached hydrogen (secondary N) is 2. The summed E-state index contributed by atoms with van der Waals surface area (Å²) in [5, 5.41) is 12.6. The molecule has 0 saturated carbocycles. The zero-order chi connectivity index (χ0) is 14.7. The first kappa shape index (κ1) is 12.9. The molecule has 3 aromatic rings. The summed E-state index contributed by atoms with van der Waals surface area (Å²) in [6, 6.07) is 12.9. The van der Waals surface area contributed by atoms with E-state index in [1.54, 1.807) is 24.4 Å². The number of aromatic nitrogens is 2. The molecular formula is C16H12N4O. The predicted molar refractivity (Wildman–Crippen MR) is 79.8 cm³/mol. The Morgan fingerprint density at radius 1 is 1.33 bits per heavy atom. The van der Waals surface area contributed by atoms with Crippen LogP contribution in [0.4, 0.5) is 5.69 Å². The third kappa shape index (κ3) is 2.60. The van der Waals surface area contributed by atoms with Crippen LogP contribution in [-0.4, -0.2) is 15.9 Å². The Bertz CT molecular complexity index is 830. The van der Waals surface area contributed by atoms with Crippen molar-refractivity contribution in [2.45, 2.75) is 6.42 Å². The fourth-order valence-corrected chi connectivity index (χ4v) is 2.18. The zero-order valence-electron chi connectivity index (χ0n) is 11.1. The van der Waals surface area contributed by atoms with E-state index in [0.29, 0.717) is 17.8 Å². The molecule has 102 valence electrons. The summed E-state index contributed by atoms with van der Waals surface area (Å²) in [7, 11) is 0. The summed E-state index contributed by atoms with van der Waals surface area (Å²) in [6.07, 6.45) is 3.73. The summed E-state index contributed by atoms with van der Waals surface area (Å²) in [5.74, 6) is -0.257. The maximum atomic E-state index is 12.1. The van der Waals surface area contributed by atoms with Gasteiger partial charge in [0.25, 0.3) is 5.91 Å². The molecule has 0 fully saturated rings. The van der Waals surface area contributed by atoms with Crippen molar-refractivity contribution in [3.63, 3.8) is 0 Å². The number of hydrogen-bond donors (Lipinski definition) is 2. The Kier molecular flexibility index (Phi) is 3.36. The Morgan fingerprint density at radius 2 is 2.24 bits per heavy atom. The molecule has 0 spiro atoms. The molecule has 2 aromatic heterocycles. The first-order valence-corrected chi connectivity index (χ1v) is 6.47. The highest BCUT2D eigenvalue weighted by Crippen LogP contribution is 2.23. The lowest BCUT2D eigenvalue weighted by atomic mass is 10.1. The molecule has 5 heteroatoms. The van der Waals surface area contributed by atoms with Gasteiger partial charge in [-0.15, -0.1) is 0 Å². The molecule has 2 heterocycles. The minimum atomic E-state index is -0.257. The molecule has 5 nitrogen and oxygen atoms in total. The molecule has 0 aliphatic heterocycles. The van der Waals surface area contributed by atoms with Crippen LogP contribution in [0.1, 0.15) is 16.1 Å². The molecule has 1 amide bonds. The third-order valence-electron chi connectivity index (χ3n) is 3.19. The van der Waals surface area contributed by atoms with Crippen molar-refractivity contribution in [2.24, 2.45) is 0 Å². The topological polar surface area (TPSA) is 81.6 Å². The van der Waals surface area contributed by atoms with Crippen LogP contribution < -0.4 is 5.32 Å². The standard InChI is InChI=1S/C16H12N4O/c17-7-6-11-10-19-14-5-4-12(9-13(11)14)20-16(21)15-3-1-2-8-18-15/h1-5,8-10,19H,6H2,(H,20,21). The van der Waals surface area contributed by atoms with Gasteiger partial charge in [-0.05, 0) is 35.9 Å². The molecule has 0 unspecified atom stereocenters. The SMILES string of the molecule is N#CCc1c[nH]c2ccc(NC(=O)c3ccccn3)cc12. The number of benzene rings is 1. The maximum Gasteiger partial charge on any atom is 0.274 e. The molecule has 0 aliphatic carbocycles. The number of fused-ring (bicyclic) bond motifs is 1. The highest BCUT2D eigenvalue weighted by atomic mass is 16.1. The lowest BCUT2D eigenvalue weighted by Gasteiger charge is -2.05. The van der Waals surface area contributed by atoms with Crippen LogP contribution in [-0.2, 0) is 6.42 Å². The normalized spacial score (nSPS) is 10.2. The van der Waals surface area contributed by atoms with Gasteiger partial charge in [0.05, 0.1) is 12.5 Å². The number of amides is 1. The average molecular weight is 276 g/mol. The Morgan fingerprint density at radius 3 is 3.00 bits per heavy atom. The molecule has 0 aliphatic rings. The second kappa shape index (κ2) is 5.47. The largest absolute Gasteiger partial charge is 0.361 e. The van der Waals surface area contributed by atoms with Gasteiger partial charge < -0.3 is 10.3 Å². The van der Waals surface area contributed by atoms with Gasteiger partial charge in [-0.2, -0.15) is 5.26 Å². The van der Waals surface area contributed by atoms with Gasteiger partial charge >= 0.3 is 0 Å². The fourth-order valence-electron chi connectivity index (χ4n) is 2.18. The third-order valence-corrected chi connectivity index (χ3v) is 3.19. The number of nitriles is 1. The maximum absolute atomic E-state index is 12.1. The highest BCUT2D eigenvalue weighted by molar-refractivity contribution is 6.04. The molecule has 1 aromatic carbocycles. The van der Waals surface area contributed by atoms with Gasteiger partial charge in [-0.1, -0.05) is 6.07 Å². The minimum Gasteiger partial charge on any atom is -0.361 e. The van der Waals surface area contributed by atoms with Crippen LogP contribution in [0, 0.1) is 11.3 Å². The quantitative estimate of drug-likeness (QED) is 0.771. The van der Waals surface area contributed by atoms with Crippen molar-refractivity contribution < 1.29 is 4.79 Å². The van der Waals surface area contributed by atoms with E-state index in [1.165, 1.54) is 0 Å². The molecule has 3 rings (SSSR count). The first-order valence-electron chi connectivity index (χ1n) is 6.47. The number of carbonyl (C=O) groups excluding carboxylic acids is 1. The van der Waals surface area contributed by atoms with Crippen molar-refractivity contribution in [3.05, 3.63) is 60.0 Å². The summed E-state index contributed by atoms with van der Waals surface area (Å²) in [5.41, 5.74) is 2.90. The van der Waals surface area contributed by atoms with E-state index in [1.807, 2.05) is 24.4 Å². The average Bonchev–Trinajstić information content (AvgIpc) is 2.91. The van der Waals surface area contributed by atoms with Crippen LogP contribution in [0.3, 0.4) is 0 Å². The summed E-state index contributed by atoms with van der Waals surface area (Å²) >= 11 is 0. The second-order valence-electron chi connectivity index (χ2n) is 4.58. The van der Waals surface area contributed by atoms with Gasteiger partial charge in [0.2, 0.25) is 0 Å². The molecule has 0 atom stereocenters. The fraction of sp³-hybridized carbons (Fsp3) is 0.0625. The van der Waals surface area contributed by atoms with Crippen LogP contribution in [0.5, 0.6) is 0 Å². The second-order valence-corrected chi connectivity index (χ2v) is 4.58. The van der Waals surface area contributed by atoms with Crippen molar-refractivity contribution in [1.82, 2.24) is 9.97 Å². The van der Waals surface area contributed by atoms with Crippen LogP contribution >= 0.6 is 0 Å². The van der Waals surface area contributed by atoms with E-state index in [2.05, 4.69) is 21.4 Å². The zero-order valence-corrected chi connectivity index (χ0v) is 11.1. The monoisotopic (exact) mass is 276 g/mol. The van der Waals surface area contributed by atoms with E-state index in [9.17, 15) is 4.79 Å². The lowest BCUT2D eigenvalue weighted by molar-refractivity contribution is 0.102. The summed E-state index contributed by atoms with van der Waals surface area (Å²) < 4.78 is 0. The molecule has 21 heavy (non-hydrogen) atoms. The molecule has 0 bridgehead atoms. The van der Waals surface area contributed by atoms with Crippen LogP contribution in [0.15, 0.2) is 48.8 Å². The number of rotatable bonds is 3. The number of nitrogens with zero attached hydrogens (tertiary/aromatic N) is 2. The molecule has 0 saturated heterocycles. The summed E-state index contributed by atoms with van der Waals surface area (Å²) in [4.78, 5) is 19.2. The number of pyridine rings is 1. The number of carbonyl (C=O) groups is 1. The van der Waals surface area contributed by atoms with E-state index < -0.39 is 0 Å². The van der Waals surface area contributed by atoms with Gasteiger partial charge in [0.1, 0.15) is 5.69 Å². The van der Waals surface area contributed by atoms with Gasteiger partial charge in [-0.25, -0.2) is 0 Å². The lowest BCUT2D eigenvalue weighted by Crippen LogP contribution is -2.13. The summed E-state index contributed by atoms with van der Waals surface area (Å²) in [6.45, 7) is 0. The minimum absolute atomic E-state index is 0.257. The molecule has 0 radical (unpaired) electrons. The highest BCUT2D eigenvalue weighted by Gasteiger charge is 2.09. The molecule has 2 N–H and O–H groups in total. The smallest absolute Gasteiger partial charge is 0.274 e. The number of hydrogen-bond acceptors (Lipinski definition) is 3. The Labute approximate surface area is 121 Å². The van der Waals surface area contributed by atoms with Crippen molar-refractivity contribution in [2.75, 3.05) is 5.32 Å². The van der Waals surface area contributed by atoms with E-state index in [0.717, 1.165) is 16.5 Å². The van der Waals surface area contributed by atoms with E-state index >= 15 is 0 Å². The number of H-pyrrole nitrogens is 1. The van der Waals surface area contributed by atoms with Crippen molar-refractivity contribution in [1.29, 1.82) is 5.26 Å². The van der Waals surface area contributed by atoms with Gasteiger partial charge in [-0.3, -0.25) is 9.78 Å². The van der Waals surface area contributed by atoms with Crippen molar-refractivity contribution in [3.8, 4) is 6.07 Å². The van der Waals surface area contributed by atoms with E-state index in [-0.39, 0.29) is 5.91 Å².